The van der Waals surface area contributed by atoms with Gasteiger partial charge < -0.3 is 4.74 Å². The molecule has 0 unspecified atom stereocenters. The van der Waals surface area contributed by atoms with Gasteiger partial charge in [0.15, 0.2) is 0 Å². The van der Waals surface area contributed by atoms with Gasteiger partial charge in [-0.2, -0.15) is 0 Å². The van der Waals surface area contributed by atoms with Crippen molar-refractivity contribution in [1.82, 2.24) is 4.98 Å². The molecule has 0 bridgehead atoms. The van der Waals surface area contributed by atoms with Crippen molar-refractivity contribution >= 4 is 27.5 Å². The SMILES string of the molecule is Cc1ccc2nc(-c3ccc(OC(=O)c4ccccc4F)cc3)sc2c1. The van der Waals surface area contributed by atoms with Crippen LogP contribution in [0.4, 0.5) is 4.39 Å². The van der Waals surface area contributed by atoms with Crippen molar-refractivity contribution in [3.63, 3.8) is 0 Å². The van der Waals surface area contributed by atoms with Crippen LogP contribution in [0.5, 0.6) is 5.75 Å². The first-order valence-corrected chi connectivity index (χ1v) is 8.86. The Hall–Kier alpha value is -3.05. The maximum absolute atomic E-state index is 13.7. The minimum atomic E-state index is -0.716. The van der Waals surface area contributed by atoms with Gasteiger partial charge in [-0.3, -0.25) is 0 Å². The summed E-state index contributed by atoms with van der Waals surface area (Å²) in [6.07, 6.45) is 0. The number of aromatic nitrogens is 1. The lowest BCUT2D eigenvalue weighted by Gasteiger charge is -2.05. The standard InChI is InChI=1S/C21H14FNO2S/c1-13-6-11-18-19(12-13)26-20(23-18)14-7-9-15(10-8-14)25-21(24)16-4-2-3-5-17(16)22/h2-12H,1H3. The molecule has 1 aromatic heterocycles. The molecule has 26 heavy (non-hydrogen) atoms. The molecule has 0 aliphatic carbocycles. The Morgan fingerprint density at radius 2 is 1.81 bits per heavy atom. The molecule has 1 heterocycles. The maximum Gasteiger partial charge on any atom is 0.346 e. The molecule has 0 fully saturated rings. The first-order chi connectivity index (χ1) is 12.6. The van der Waals surface area contributed by atoms with E-state index < -0.39 is 11.8 Å². The quantitative estimate of drug-likeness (QED) is 0.350. The molecule has 0 amide bonds. The number of benzene rings is 3. The van der Waals surface area contributed by atoms with Gasteiger partial charge in [0.2, 0.25) is 0 Å². The highest BCUT2D eigenvalue weighted by Gasteiger charge is 2.13. The number of rotatable bonds is 3. The summed E-state index contributed by atoms with van der Waals surface area (Å²) in [5.41, 5.74) is 3.02. The number of ether oxygens (including phenoxy) is 1. The summed E-state index contributed by atoms with van der Waals surface area (Å²) in [5, 5.41) is 0.901. The first kappa shape index (κ1) is 16.4. The summed E-state index contributed by atoms with van der Waals surface area (Å²) in [6.45, 7) is 2.05. The van der Waals surface area contributed by atoms with Gasteiger partial charge in [0.1, 0.15) is 16.6 Å². The fraction of sp³-hybridized carbons (Fsp3) is 0.0476. The van der Waals surface area contributed by atoms with Gasteiger partial charge in [0.05, 0.1) is 15.8 Å². The second-order valence-corrected chi connectivity index (χ2v) is 6.91. The van der Waals surface area contributed by atoms with Crippen LogP contribution in [-0.4, -0.2) is 11.0 Å². The van der Waals surface area contributed by atoms with E-state index in [0.29, 0.717) is 5.75 Å². The monoisotopic (exact) mass is 363 g/mol. The fourth-order valence-electron chi connectivity index (χ4n) is 2.61. The maximum atomic E-state index is 13.7. The number of halogens is 1. The van der Waals surface area contributed by atoms with Crippen molar-refractivity contribution in [2.75, 3.05) is 0 Å². The molecule has 3 nitrogen and oxygen atoms in total. The molecule has 4 aromatic rings. The third-order valence-electron chi connectivity index (χ3n) is 3.95. The Labute approximate surface area is 153 Å². The average Bonchev–Trinajstić information content (AvgIpc) is 3.05. The number of carbonyl (C=O) groups excluding carboxylic acids is 1. The Kier molecular flexibility index (Phi) is 4.22. The highest BCUT2D eigenvalue weighted by atomic mass is 32.1. The second kappa shape index (κ2) is 6.69. The Morgan fingerprint density at radius 1 is 1.04 bits per heavy atom. The summed E-state index contributed by atoms with van der Waals surface area (Å²) in [4.78, 5) is 16.7. The Morgan fingerprint density at radius 3 is 2.58 bits per heavy atom. The normalized spacial score (nSPS) is 10.8. The molecular formula is C21H14FNO2S. The van der Waals surface area contributed by atoms with Gasteiger partial charge >= 0.3 is 5.97 Å². The number of esters is 1. The van der Waals surface area contributed by atoms with Gasteiger partial charge in [-0.1, -0.05) is 18.2 Å². The van der Waals surface area contributed by atoms with E-state index >= 15 is 0 Å². The minimum absolute atomic E-state index is 0.0851. The zero-order valence-electron chi connectivity index (χ0n) is 13.9. The number of thiazole rings is 1. The summed E-state index contributed by atoms with van der Waals surface area (Å²) in [5.74, 6) is -0.954. The zero-order valence-corrected chi connectivity index (χ0v) is 14.7. The molecule has 0 saturated carbocycles. The smallest absolute Gasteiger partial charge is 0.346 e. The van der Waals surface area contributed by atoms with Gasteiger partial charge in [-0.25, -0.2) is 14.2 Å². The van der Waals surface area contributed by atoms with E-state index in [4.69, 9.17) is 4.74 Å². The molecule has 4 rings (SSSR count). The third kappa shape index (κ3) is 3.21. The van der Waals surface area contributed by atoms with Crippen molar-refractivity contribution in [3.05, 3.63) is 83.7 Å². The first-order valence-electron chi connectivity index (χ1n) is 8.04. The van der Waals surface area contributed by atoms with Crippen LogP contribution in [0.2, 0.25) is 0 Å². The molecular weight excluding hydrogens is 349 g/mol. The molecule has 0 radical (unpaired) electrons. The van der Waals surface area contributed by atoms with Crippen LogP contribution < -0.4 is 4.74 Å². The van der Waals surface area contributed by atoms with E-state index in [-0.39, 0.29) is 5.56 Å². The molecule has 0 aliphatic heterocycles. The van der Waals surface area contributed by atoms with E-state index in [0.717, 1.165) is 20.8 Å². The number of aryl methyl sites for hydroxylation is 1. The van der Waals surface area contributed by atoms with E-state index in [1.807, 2.05) is 24.3 Å². The summed E-state index contributed by atoms with van der Waals surface area (Å²) >= 11 is 1.61. The number of fused-ring (bicyclic) bond motifs is 1. The minimum Gasteiger partial charge on any atom is -0.423 e. The Bertz CT molecular complexity index is 1100. The van der Waals surface area contributed by atoms with Crippen LogP contribution >= 0.6 is 11.3 Å². The van der Waals surface area contributed by atoms with Crippen LogP contribution in [0.1, 0.15) is 15.9 Å². The van der Waals surface area contributed by atoms with Crippen LogP contribution in [0.25, 0.3) is 20.8 Å². The van der Waals surface area contributed by atoms with E-state index in [1.54, 1.807) is 29.5 Å². The summed E-state index contributed by atoms with van der Waals surface area (Å²) < 4.78 is 20.0. The number of hydrogen-bond acceptors (Lipinski definition) is 4. The summed E-state index contributed by atoms with van der Waals surface area (Å²) in [6, 6.07) is 19.0. The third-order valence-corrected chi connectivity index (χ3v) is 5.02. The van der Waals surface area contributed by atoms with Crippen LogP contribution in [-0.2, 0) is 0 Å². The van der Waals surface area contributed by atoms with Crippen molar-refractivity contribution in [2.45, 2.75) is 6.92 Å². The molecule has 128 valence electrons. The van der Waals surface area contributed by atoms with Crippen molar-refractivity contribution < 1.29 is 13.9 Å². The summed E-state index contributed by atoms with van der Waals surface area (Å²) in [7, 11) is 0. The number of nitrogens with zero attached hydrogens (tertiary/aromatic N) is 1. The molecule has 0 saturated heterocycles. The van der Waals surface area contributed by atoms with Crippen molar-refractivity contribution in [3.8, 4) is 16.3 Å². The predicted octanol–water partition coefficient (Wildman–Crippen LogP) is 5.63. The van der Waals surface area contributed by atoms with Crippen LogP contribution in [0.15, 0.2) is 66.7 Å². The second-order valence-electron chi connectivity index (χ2n) is 5.88. The molecule has 0 atom stereocenters. The lowest BCUT2D eigenvalue weighted by molar-refractivity contribution is 0.0730. The lowest BCUT2D eigenvalue weighted by atomic mass is 10.2. The lowest BCUT2D eigenvalue weighted by Crippen LogP contribution is -2.10. The van der Waals surface area contributed by atoms with Crippen LogP contribution in [0.3, 0.4) is 0 Å². The van der Waals surface area contributed by atoms with E-state index in [1.165, 1.54) is 23.8 Å². The average molecular weight is 363 g/mol. The number of carbonyl (C=O) groups is 1. The topological polar surface area (TPSA) is 39.2 Å². The molecule has 5 heteroatoms. The van der Waals surface area contributed by atoms with Gasteiger partial charge in [-0.15, -0.1) is 11.3 Å². The van der Waals surface area contributed by atoms with Crippen molar-refractivity contribution in [2.24, 2.45) is 0 Å². The van der Waals surface area contributed by atoms with E-state index in [2.05, 4.69) is 18.0 Å². The van der Waals surface area contributed by atoms with E-state index in [9.17, 15) is 9.18 Å². The highest BCUT2D eigenvalue weighted by molar-refractivity contribution is 7.21. The van der Waals surface area contributed by atoms with Gasteiger partial charge in [0, 0.05) is 5.56 Å². The van der Waals surface area contributed by atoms with Crippen LogP contribution in [0, 0.1) is 12.7 Å². The predicted molar refractivity (Wildman–Crippen MR) is 101 cm³/mol. The van der Waals surface area contributed by atoms with Crippen molar-refractivity contribution in [1.29, 1.82) is 0 Å². The number of hydrogen-bond donors (Lipinski definition) is 0. The Balaban J connectivity index is 1.56. The molecule has 0 aliphatic rings. The zero-order chi connectivity index (χ0) is 18.1. The largest absolute Gasteiger partial charge is 0.423 e. The fourth-order valence-corrected chi connectivity index (χ4v) is 3.68. The van der Waals surface area contributed by atoms with Gasteiger partial charge in [0.25, 0.3) is 0 Å². The molecule has 3 aromatic carbocycles. The molecule has 0 N–H and O–H groups in total. The molecule has 0 spiro atoms. The van der Waals surface area contributed by atoms with Gasteiger partial charge in [-0.05, 0) is 61.0 Å². The highest BCUT2D eigenvalue weighted by Crippen LogP contribution is 2.31.